The lowest BCUT2D eigenvalue weighted by atomic mass is 9.88. The molecule has 0 bridgehead atoms. The maximum absolute atomic E-state index is 12.1. The van der Waals surface area contributed by atoms with E-state index in [1.807, 2.05) is 32.2 Å². The maximum atomic E-state index is 12.1. The molecule has 2 atom stereocenters. The van der Waals surface area contributed by atoms with Gasteiger partial charge in [0, 0.05) is 43.3 Å². The molecule has 0 amide bonds. The number of likely N-dealkylation sites (N-methyl/N-ethyl adjacent to an activating group) is 2. The quantitative estimate of drug-likeness (QED) is 0.135. The number of benzene rings is 1. The van der Waals surface area contributed by atoms with E-state index >= 15 is 0 Å². The van der Waals surface area contributed by atoms with Crippen LogP contribution >= 0.6 is 0 Å². The fourth-order valence-electron chi connectivity index (χ4n) is 6.25. The van der Waals surface area contributed by atoms with E-state index in [9.17, 15) is 4.79 Å². The van der Waals surface area contributed by atoms with Gasteiger partial charge in [0.05, 0.1) is 12.2 Å². The molecule has 0 saturated carbocycles. The summed E-state index contributed by atoms with van der Waals surface area (Å²) in [5, 5.41) is 20.2. The van der Waals surface area contributed by atoms with Crippen LogP contribution in [0.1, 0.15) is 57.6 Å². The smallest absolute Gasteiger partial charge is 0.265 e. The van der Waals surface area contributed by atoms with Crippen molar-refractivity contribution in [1.82, 2.24) is 15.1 Å². The van der Waals surface area contributed by atoms with Gasteiger partial charge in [-0.05, 0) is 87.4 Å². The first kappa shape index (κ1) is 31.8. The molecule has 4 rings (SSSR count). The van der Waals surface area contributed by atoms with Crippen LogP contribution in [0.3, 0.4) is 0 Å². The van der Waals surface area contributed by atoms with Crippen molar-refractivity contribution < 1.29 is 9.53 Å². The zero-order valence-electron chi connectivity index (χ0n) is 26.5. The highest BCUT2D eigenvalue weighted by atomic mass is 16.5. The molecule has 7 heteroatoms. The summed E-state index contributed by atoms with van der Waals surface area (Å²) in [4.78, 5) is 16.6. The van der Waals surface area contributed by atoms with E-state index in [-0.39, 0.29) is 11.7 Å². The minimum atomic E-state index is -0.713. The number of ether oxygens (including phenoxy) is 1. The van der Waals surface area contributed by atoms with Crippen LogP contribution in [-0.4, -0.2) is 61.8 Å². The average molecular weight is 580 g/mol. The van der Waals surface area contributed by atoms with E-state index in [0.29, 0.717) is 24.6 Å². The first-order valence-corrected chi connectivity index (χ1v) is 15.3. The molecule has 0 saturated heterocycles. The molecule has 2 heterocycles. The summed E-state index contributed by atoms with van der Waals surface area (Å²) in [6.07, 6.45) is 15.1. The molecule has 3 aliphatic rings. The van der Waals surface area contributed by atoms with E-state index in [4.69, 9.17) is 15.4 Å². The van der Waals surface area contributed by atoms with Crippen molar-refractivity contribution in [3.63, 3.8) is 0 Å². The fraction of sp³-hybridized carbons (Fsp3) is 0.417. The number of nitrogens with one attached hydrogen (secondary N) is 2. The van der Waals surface area contributed by atoms with E-state index in [0.717, 1.165) is 61.1 Å². The number of nitrogens with zero attached hydrogens (tertiary/aromatic N) is 3. The predicted molar refractivity (Wildman–Crippen MR) is 175 cm³/mol. The minimum absolute atomic E-state index is 0.0917. The van der Waals surface area contributed by atoms with Crippen molar-refractivity contribution >= 4 is 17.7 Å². The molecule has 226 valence electrons. The van der Waals surface area contributed by atoms with Crippen LogP contribution in [0.4, 0.5) is 0 Å². The molecule has 0 fully saturated rings. The summed E-state index contributed by atoms with van der Waals surface area (Å²) in [5.74, 6) is 0.627. The Kier molecular flexibility index (Phi) is 10.6. The molecule has 0 spiro atoms. The lowest BCUT2D eigenvalue weighted by Gasteiger charge is -2.35. The lowest BCUT2D eigenvalue weighted by Crippen LogP contribution is -2.42. The van der Waals surface area contributed by atoms with Crippen molar-refractivity contribution in [3.8, 4) is 11.8 Å². The van der Waals surface area contributed by atoms with Crippen molar-refractivity contribution in [2.75, 3.05) is 33.8 Å². The first-order chi connectivity index (χ1) is 20.7. The van der Waals surface area contributed by atoms with Crippen LogP contribution in [-0.2, 0) is 4.79 Å². The summed E-state index contributed by atoms with van der Waals surface area (Å²) < 4.78 is 6.50. The number of Topliss-reactive ketones (excluding diaryl/α,β-unsaturated/α-hetero) is 1. The molecule has 7 nitrogen and oxygen atoms in total. The van der Waals surface area contributed by atoms with Gasteiger partial charge in [-0.3, -0.25) is 4.79 Å². The third-order valence-corrected chi connectivity index (χ3v) is 8.65. The Hall–Kier alpha value is -4.15. The molecule has 2 unspecified atom stereocenters. The molecular formula is C36H45N5O2. The van der Waals surface area contributed by atoms with Crippen LogP contribution in [0.2, 0.25) is 0 Å². The van der Waals surface area contributed by atoms with Crippen molar-refractivity contribution in [2.24, 2.45) is 5.92 Å². The van der Waals surface area contributed by atoms with E-state index in [1.54, 1.807) is 11.6 Å². The summed E-state index contributed by atoms with van der Waals surface area (Å²) in [5.41, 5.74) is 9.63. The average Bonchev–Trinajstić information content (AvgIpc) is 3.11. The van der Waals surface area contributed by atoms with Gasteiger partial charge in [0.1, 0.15) is 18.0 Å². The van der Waals surface area contributed by atoms with Gasteiger partial charge in [0.2, 0.25) is 0 Å². The number of hydrogen-bond acceptors (Lipinski definition) is 7. The number of allylic oxidation sites excluding steroid dienone is 7. The maximum Gasteiger partial charge on any atom is 0.265 e. The highest BCUT2D eigenvalue weighted by molar-refractivity contribution is 6.20. The van der Waals surface area contributed by atoms with Gasteiger partial charge in [0.15, 0.2) is 0 Å². The van der Waals surface area contributed by atoms with Gasteiger partial charge >= 0.3 is 0 Å². The van der Waals surface area contributed by atoms with Crippen molar-refractivity contribution in [1.29, 1.82) is 10.7 Å². The van der Waals surface area contributed by atoms with Gasteiger partial charge in [-0.25, -0.2) is 0 Å². The van der Waals surface area contributed by atoms with Crippen LogP contribution < -0.4 is 10.1 Å². The summed E-state index contributed by atoms with van der Waals surface area (Å²) in [7, 11) is 4.20. The SMILES string of the molecule is CC/C(NC1C=CC=C(c2cccc(C)c2OCCCC2=CC(C)C3=C(CN(C)CC3)C(C)=C2)N1C)=C(/C=N)C(=O)C#N. The van der Waals surface area contributed by atoms with E-state index in [1.165, 1.54) is 16.7 Å². The number of ketones is 1. The Labute approximate surface area is 257 Å². The van der Waals surface area contributed by atoms with Crippen LogP contribution in [0.25, 0.3) is 5.70 Å². The monoisotopic (exact) mass is 579 g/mol. The number of para-hydroxylation sites is 1. The highest BCUT2D eigenvalue weighted by Crippen LogP contribution is 2.36. The summed E-state index contributed by atoms with van der Waals surface area (Å²) in [6.45, 7) is 11.4. The number of aryl methyl sites for hydroxylation is 1. The van der Waals surface area contributed by atoms with Gasteiger partial charge in [0.25, 0.3) is 5.78 Å². The number of hydrogen-bond donors (Lipinski definition) is 2. The Morgan fingerprint density at radius 2 is 2.07 bits per heavy atom. The number of nitriles is 1. The van der Waals surface area contributed by atoms with Crippen LogP contribution in [0.5, 0.6) is 5.75 Å². The van der Waals surface area contributed by atoms with E-state index in [2.05, 4.69) is 73.3 Å². The van der Waals surface area contributed by atoms with Crippen LogP contribution in [0.15, 0.2) is 82.1 Å². The Morgan fingerprint density at radius 3 is 2.79 bits per heavy atom. The van der Waals surface area contributed by atoms with Crippen LogP contribution in [0, 0.1) is 29.6 Å². The summed E-state index contributed by atoms with van der Waals surface area (Å²) >= 11 is 0. The zero-order valence-corrected chi connectivity index (χ0v) is 26.5. The Bertz CT molecular complexity index is 1480. The molecule has 1 aromatic rings. The highest BCUT2D eigenvalue weighted by Gasteiger charge is 2.25. The standard InChI is InChI=1S/C36H45N5O2/c1-7-32(30(21-37)34(42)22-38)39-35-15-9-14-33(41(35)6)29-13-8-11-24(2)36(29)43-18-10-12-27-19-25(3)28-16-17-40(5)23-31(28)26(4)20-27/h8-9,11,13-15,19-21,25,35,37,39H,7,10,12,16-18,23H2,1-6H3/b32-30+,37-21?. The number of carbonyl (C=O) groups excluding carboxylic acids is 1. The Balaban J connectivity index is 1.46. The molecule has 0 radical (unpaired) electrons. The number of rotatable bonds is 11. The van der Waals surface area contributed by atoms with E-state index < -0.39 is 5.78 Å². The van der Waals surface area contributed by atoms with Gasteiger partial charge in [-0.1, -0.05) is 55.4 Å². The molecule has 1 aliphatic carbocycles. The van der Waals surface area contributed by atoms with Gasteiger partial charge in [-0.2, -0.15) is 5.26 Å². The second kappa shape index (κ2) is 14.3. The normalized spacial score (nSPS) is 21.0. The fourth-order valence-corrected chi connectivity index (χ4v) is 6.25. The van der Waals surface area contributed by atoms with Crippen molar-refractivity contribution in [2.45, 2.75) is 59.5 Å². The molecule has 2 N–H and O–H groups in total. The molecular weight excluding hydrogens is 534 g/mol. The largest absolute Gasteiger partial charge is 0.493 e. The topological polar surface area (TPSA) is 92.4 Å². The lowest BCUT2D eigenvalue weighted by molar-refractivity contribution is -0.110. The molecule has 0 aromatic heterocycles. The third kappa shape index (κ3) is 7.26. The molecule has 43 heavy (non-hydrogen) atoms. The van der Waals surface area contributed by atoms with Gasteiger partial charge in [-0.15, -0.1) is 0 Å². The third-order valence-electron chi connectivity index (χ3n) is 8.65. The zero-order chi connectivity index (χ0) is 31.1. The minimum Gasteiger partial charge on any atom is -0.493 e. The second-order valence-electron chi connectivity index (χ2n) is 11.7. The predicted octanol–water partition coefficient (Wildman–Crippen LogP) is 6.47. The van der Waals surface area contributed by atoms with Gasteiger partial charge < -0.3 is 25.3 Å². The molecule has 2 aliphatic heterocycles. The number of carbonyl (C=O) groups is 1. The van der Waals surface area contributed by atoms with Crippen molar-refractivity contribution in [3.05, 3.63) is 93.3 Å². The second-order valence-corrected chi connectivity index (χ2v) is 11.7. The first-order valence-electron chi connectivity index (χ1n) is 15.3. The summed E-state index contributed by atoms with van der Waals surface area (Å²) in [6, 6.07) is 7.83. The molecule has 1 aromatic carbocycles. The Morgan fingerprint density at radius 1 is 1.28 bits per heavy atom.